The fraction of sp³-hybridized carbons (Fsp3) is 0.789. The van der Waals surface area contributed by atoms with Gasteiger partial charge >= 0.3 is 5.97 Å². The molecule has 0 spiro atoms. The smallest absolute Gasteiger partial charge is 0.312 e. The highest BCUT2D eigenvalue weighted by Gasteiger charge is 2.28. The normalized spacial score (nSPS) is 8.42. The zero-order chi connectivity index (χ0) is 15.4. The highest BCUT2D eigenvalue weighted by molar-refractivity contribution is 7.99. The molecule has 0 aliphatic carbocycles. The Balaban J connectivity index is -0.000000120. The van der Waals surface area contributed by atoms with Crippen LogP contribution in [-0.4, -0.2) is 43.3 Å². The summed E-state index contributed by atoms with van der Waals surface area (Å²) >= 11 is 1.57. The Morgan fingerprint density at radius 3 is 2.08 bits per heavy atom. The van der Waals surface area contributed by atoms with Crippen molar-refractivity contribution >= 4 is 23.6 Å². The molecule has 6 nitrogen and oxygen atoms in total. The third-order valence-electron chi connectivity index (χ3n) is 2.18. The molecule has 0 fully saturated rings. The van der Waals surface area contributed by atoms with Gasteiger partial charge in [-0.1, -0.05) is 51.1 Å². The van der Waals surface area contributed by atoms with Crippen molar-refractivity contribution in [1.82, 2.24) is 5.32 Å². The molecule has 0 rings (SSSR count). The van der Waals surface area contributed by atoms with Crippen LogP contribution in [0.15, 0.2) is 12.7 Å². The Labute approximate surface area is 168 Å². The Bertz CT molecular complexity index is 323. The molecule has 0 heterocycles. The molecular weight excluding hydrogens is 354 g/mol. The van der Waals surface area contributed by atoms with Crippen molar-refractivity contribution in [2.45, 2.75) is 65.3 Å². The van der Waals surface area contributed by atoms with Crippen molar-refractivity contribution in [2.75, 3.05) is 31.5 Å². The molecule has 1 amide bonds. The van der Waals surface area contributed by atoms with Crippen molar-refractivity contribution in [3.8, 4) is 0 Å². The molecule has 0 aromatic carbocycles. The van der Waals surface area contributed by atoms with Crippen LogP contribution in [0.25, 0.3) is 0 Å². The van der Waals surface area contributed by atoms with Gasteiger partial charge in [-0.3, -0.25) is 9.59 Å². The lowest BCUT2D eigenvalue weighted by Crippen LogP contribution is -2.29. The van der Waals surface area contributed by atoms with E-state index < -0.39 is 5.41 Å². The third kappa shape index (κ3) is 22.9. The number of carbonyl (C=O) groups excluding carboxylic acids is 2. The quantitative estimate of drug-likeness (QED) is 0.126. The lowest BCUT2D eigenvalue weighted by atomic mass is 9.97. The fourth-order valence-corrected chi connectivity index (χ4v) is 2.04. The molecule has 0 aromatic heterocycles. The molecule has 1 N–H and O–H groups in total. The molecule has 0 radical (unpaired) electrons. The SMILES string of the molecule is C.C.C.C.C.C.C=CC(=O)NCOOCCSCC(C)(C)C(=O)OCC. The van der Waals surface area contributed by atoms with E-state index in [2.05, 4.69) is 11.9 Å². The minimum absolute atomic E-state index is 0. The first-order valence-corrected chi connectivity index (χ1v) is 7.49. The van der Waals surface area contributed by atoms with Crippen molar-refractivity contribution < 1.29 is 24.1 Å². The Morgan fingerprint density at radius 2 is 1.62 bits per heavy atom. The van der Waals surface area contributed by atoms with Crippen molar-refractivity contribution in [2.24, 2.45) is 5.41 Å². The number of amides is 1. The van der Waals surface area contributed by atoms with Gasteiger partial charge < -0.3 is 10.1 Å². The Hall–Kier alpha value is -1.05. The molecule has 164 valence electrons. The number of carbonyl (C=O) groups is 2. The minimum atomic E-state index is -0.514. The number of rotatable bonds is 11. The number of thioether (sulfide) groups is 1. The van der Waals surface area contributed by atoms with Gasteiger partial charge in [0.25, 0.3) is 0 Å². The number of esters is 1. The highest BCUT2D eigenvalue weighted by atomic mass is 32.2. The summed E-state index contributed by atoms with van der Waals surface area (Å²) in [6, 6.07) is 0. The second kappa shape index (κ2) is 26.2. The van der Waals surface area contributed by atoms with Crippen molar-refractivity contribution in [3.63, 3.8) is 0 Å². The molecule has 0 saturated carbocycles. The summed E-state index contributed by atoms with van der Waals surface area (Å²) in [5, 5.41) is 2.40. The summed E-state index contributed by atoms with van der Waals surface area (Å²) in [6.45, 7) is 9.52. The van der Waals surface area contributed by atoms with Gasteiger partial charge in [-0.2, -0.15) is 11.8 Å². The summed E-state index contributed by atoms with van der Waals surface area (Å²) < 4.78 is 4.99. The minimum Gasteiger partial charge on any atom is -0.466 e. The summed E-state index contributed by atoms with van der Waals surface area (Å²) in [6.07, 6.45) is 1.15. The largest absolute Gasteiger partial charge is 0.466 e. The second-order valence-corrected chi connectivity index (χ2v) is 5.59. The van der Waals surface area contributed by atoms with E-state index in [-0.39, 0.29) is 63.2 Å². The van der Waals surface area contributed by atoms with E-state index in [0.717, 1.165) is 6.08 Å². The summed E-state index contributed by atoms with van der Waals surface area (Å²) in [5.74, 6) is 0.802. The van der Waals surface area contributed by atoms with Gasteiger partial charge in [0.15, 0.2) is 6.73 Å². The first-order valence-electron chi connectivity index (χ1n) is 6.33. The monoisotopic (exact) mass is 401 g/mol. The first kappa shape index (κ1) is 44.4. The van der Waals surface area contributed by atoms with Crippen LogP contribution in [0.1, 0.15) is 65.3 Å². The number of nitrogens with one attached hydrogen (secondary N) is 1. The van der Waals surface area contributed by atoms with Gasteiger partial charge in [-0.25, -0.2) is 9.78 Å². The molecule has 0 unspecified atom stereocenters. The van der Waals surface area contributed by atoms with E-state index in [4.69, 9.17) is 14.5 Å². The number of hydrogen-bond donors (Lipinski definition) is 1. The second-order valence-electron chi connectivity index (χ2n) is 4.49. The van der Waals surface area contributed by atoms with Gasteiger partial charge in [-0.15, -0.1) is 0 Å². The lowest BCUT2D eigenvalue weighted by molar-refractivity contribution is -0.293. The highest BCUT2D eigenvalue weighted by Crippen LogP contribution is 2.23. The van der Waals surface area contributed by atoms with E-state index in [1.165, 1.54) is 0 Å². The topological polar surface area (TPSA) is 73.9 Å². The zero-order valence-corrected chi connectivity index (χ0v) is 13.1. The molecule has 0 saturated heterocycles. The summed E-state index contributed by atoms with van der Waals surface area (Å²) in [5.41, 5.74) is -0.514. The number of ether oxygens (including phenoxy) is 1. The van der Waals surface area contributed by atoms with E-state index >= 15 is 0 Å². The Morgan fingerprint density at radius 1 is 1.08 bits per heavy atom. The van der Waals surface area contributed by atoms with Crippen LogP contribution < -0.4 is 5.32 Å². The van der Waals surface area contributed by atoms with E-state index in [1.807, 2.05) is 13.8 Å². The van der Waals surface area contributed by atoms with Gasteiger partial charge in [0, 0.05) is 11.5 Å². The molecule has 26 heavy (non-hydrogen) atoms. The van der Waals surface area contributed by atoms with Crippen LogP contribution in [-0.2, 0) is 24.1 Å². The first-order chi connectivity index (χ1) is 9.44. The van der Waals surface area contributed by atoms with Gasteiger partial charge in [0.1, 0.15) is 0 Å². The van der Waals surface area contributed by atoms with E-state index in [9.17, 15) is 9.59 Å². The average molecular weight is 402 g/mol. The maximum Gasteiger partial charge on any atom is 0.312 e. The van der Waals surface area contributed by atoms with Crippen LogP contribution in [0.4, 0.5) is 0 Å². The zero-order valence-electron chi connectivity index (χ0n) is 12.3. The number of hydrogen-bond acceptors (Lipinski definition) is 6. The van der Waals surface area contributed by atoms with E-state index in [1.54, 1.807) is 18.7 Å². The lowest BCUT2D eigenvalue weighted by Gasteiger charge is -2.21. The van der Waals surface area contributed by atoms with E-state index in [0.29, 0.717) is 24.7 Å². The van der Waals surface area contributed by atoms with Gasteiger partial charge in [-0.05, 0) is 26.8 Å². The molecular formula is C19H47NO5S. The Kier molecular flexibility index (Phi) is 44.7. The maximum absolute atomic E-state index is 11.6. The predicted octanol–water partition coefficient (Wildman–Crippen LogP) is 5.33. The van der Waals surface area contributed by atoms with Crippen LogP contribution in [0.3, 0.4) is 0 Å². The predicted molar refractivity (Wildman–Crippen MR) is 118 cm³/mol. The molecule has 7 heteroatoms. The average Bonchev–Trinajstić information content (AvgIpc) is 2.41. The molecule has 0 aliphatic heterocycles. The standard InChI is InChI=1S/C13H23NO5S.6CH4/c1-5-11(15)14-10-19-18-7-8-20-9-13(3,4)12(16)17-6-2;;;;;;/h5H,1,6-10H2,2-4H3,(H,14,15);6*1H4. The van der Waals surface area contributed by atoms with Crippen LogP contribution in [0, 0.1) is 5.41 Å². The molecule has 0 aromatic rings. The van der Waals surface area contributed by atoms with Crippen LogP contribution >= 0.6 is 11.8 Å². The van der Waals surface area contributed by atoms with Gasteiger partial charge in [0.2, 0.25) is 5.91 Å². The maximum atomic E-state index is 11.6. The van der Waals surface area contributed by atoms with Gasteiger partial charge in [0.05, 0.1) is 18.6 Å². The van der Waals surface area contributed by atoms with Crippen LogP contribution in [0.5, 0.6) is 0 Å². The van der Waals surface area contributed by atoms with Crippen molar-refractivity contribution in [1.29, 1.82) is 0 Å². The van der Waals surface area contributed by atoms with Crippen molar-refractivity contribution in [3.05, 3.63) is 12.7 Å². The molecule has 0 bridgehead atoms. The summed E-state index contributed by atoms with van der Waals surface area (Å²) in [4.78, 5) is 32.0. The third-order valence-corrected chi connectivity index (χ3v) is 3.56. The molecule has 0 aliphatic rings. The summed E-state index contributed by atoms with van der Waals surface area (Å²) in [7, 11) is 0. The molecule has 0 atom stereocenters. The fourth-order valence-electron chi connectivity index (χ4n) is 1.08. The van der Waals surface area contributed by atoms with Crippen LogP contribution in [0.2, 0.25) is 0 Å².